The van der Waals surface area contributed by atoms with Crippen LogP contribution < -0.4 is 0 Å². The van der Waals surface area contributed by atoms with Crippen LogP contribution in [0.25, 0.3) is 0 Å². The van der Waals surface area contributed by atoms with Gasteiger partial charge in [0.15, 0.2) is 0 Å². The summed E-state index contributed by atoms with van der Waals surface area (Å²) in [6.07, 6.45) is 6.25. The molecule has 0 radical (unpaired) electrons. The molecule has 0 aromatic heterocycles. The number of hydrogen-bond donors (Lipinski definition) is 0. The van der Waals surface area contributed by atoms with Crippen LogP contribution in [0.5, 0.6) is 0 Å². The lowest BCUT2D eigenvalue weighted by molar-refractivity contribution is 0.607. The van der Waals surface area contributed by atoms with Crippen LogP contribution in [-0.4, -0.2) is 0 Å². The lowest BCUT2D eigenvalue weighted by atomic mass is 10.0. The first kappa shape index (κ1) is 12.2. The average Bonchev–Trinajstić information content (AvgIpc) is 1.93. The molecule has 0 atom stereocenters. The summed E-state index contributed by atoms with van der Waals surface area (Å²) in [4.78, 5) is 0. The van der Waals surface area contributed by atoms with Crippen LogP contribution in [0.15, 0.2) is 25.3 Å². The second-order valence-corrected chi connectivity index (χ2v) is 2.22. The molecule has 0 saturated carbocycles. The van der Waals surface area contributed by atoms with Gasteiger partial charge in [0.25, 0.3) is 0 Å². The van der Waals surface area contributed by atoms with E-state index in [-0.39, 0.29) is 0 Å². The van der Waals surface area contributed by atoms with E-state index >= 15 is 0 Å². The van der Waals surface area contributed by atoms with Gasteiger partial charge in [0.2, 0.25) is 0 Å². The highest BCUT2D eigenvalue weighted by Crippen LogP contribution is 2.06. The molecule has 0 heterocycles. The summed E-state index contributed by atoms with van der Waals surface area (Å²) in [6.45, 7) is 13.3. The van der Waals surface area contributed by atoms with Crippen molar-refractivity contribution in [3.8, 4) is 0 Å². The first-order valence-electron chi connectivity index (χ1n) is 3.96. The summed E-state index contributed by atoms with van der Waals surface area (Å²) in [5, 5.41) is 0. The summed E-state index contributed by atoms with van der Waals surface area (Å²) in [5.41, 5.74) is 0. The largest absolute Gasteiger partial charge is 0.103 e. The SMILES string of the molecule is C=CC.C=CC(CC)CC. The highest BCUT2D eigenvalue weighted by Gasteiger charge is 1.92. The smallest absolute Gasteiger partial charge is 0.0241 e. The molecule has 10 heavy (non-hydrogen) atoms. The summed E-state index contributed by atoms with van der Waals surface area (Å²) in [7, 11) is 0. The Labute approximate surface area is 65.7 Å². The van der Waals surface area contributed by atoms with E-state index in [0.29, 0.717) is 0 Å². The first-order valence-corrected chi connectivity index (χ1v) is 3.96. The van der Waals surface area contributed by atoms with Crippen LogP contribution in [-0.2, 0) is 0 Å². The summed E-state index contributed by atoms with van der Waals surface area (Å²) >= 11 is 0. The van der Waals surface area contributed by atoms with E-state index in [4.69, 9.17) is 0 Å². The van der Waals surface area contributed by atoms with E-state index in [1.807, 2.05) is 13.0 Å². The third-order valence-electron chi connectivity index (χ3n) is 1.38. The molecule has 0 aromatic carbocycles. The Morgan fingerprint density at radius 2 is 1.50 bits per heavy atom. The van der Waals surface area contributed by atoms with Crippen LogP contribution in [0.1, 0.15) is 33.6 Å². The Morgan fingerprint density at radius 3 is 1.50 bits per heavy atom. The molecule has 60 valence electrons. The minimum atomic E-state index is 0.750. The molecule has 0 saturated heterocycles. The number of rotatable bonds is 3. The van der Waals surface area contributed by atoms with Crippen molar-refractivity contribution in [3.63, 3.8) is 0 Å². The highest BCUT2D eigenvalue weighted by molar-refractivity contribution is 4.75. The molecular weight excluding hydrogens is 120 g/mol. The van der Waals surface area contributed by atoms with Gasteiger partial charge < -0.3 is 0 Å². The van der Waals surface area contributed by atoms with Crippen molar-refractivity contribution in [2.45, 2.75) is 33.6 Å². The summed E-state index contributed by atoms with van der Waals surface area (Å²) < 4.78 is 0. The van der Waals surface area contributed by atoms with Crippen molar-refractivity contribution >= 4 is 0 Å². The highest BCUT2D eigenvalue weighted by atomic mass is 14.0. The van der Waals surface area contributed by atoms with Crippen LogP contribution in [0.4, 0.5) is 0 Å². The van der Waals surface area contributed by atoms with E-state index in [9.17, 15) is 0 Å². The Morgan fingerprint density at radius 1 is 1.20 bits per heavy atom. The van der Waals surface area contributed by atoms with Crippen LogP contribution >= 0.6 is 0 Å². The molecule has 0 aliphatic heterocycles. The zero-order valence-electron chi connectivity index (χ0n) is 7.56. The Kier molecular flexibility index (Phi) is 13.8. The van der Waals surface area contributed by atoms with Crippen LogP contribution in [0, 0.1) is 5.92 Å². The van der Waals surface area contributed by atoms with E-state index in [0.717, 1.165) is 5.92 Å². The molecule has 0 heteroatoms. The average molecular weight is 140 g/mol. The second-order valence-electron chi connectivity index (χ2n) is 2.22. The fraction of sp³-hybridized carbons (Fsp3) is 0.600. The van der Waals surface area contributed by atoms with Crippen molar-refractivity contribution in [1.82, 2.24) is 0 Å². The van der Waals surface area contributed by atoms with Gasteiger partial charge in [0.1, 0.15) is 0 Å². The number of hydrogen-bond acceptors (Lipinski definition) is 0. The minimum absolute atomic E-state index is 0.750. The predicted molar refractivity (Wildman–Crippen MR) is 50.1 cm³/mol. The number of allylic oxidation sites excluding steroid dienone is 2. The Bertz CT molecular complexity index is 68.1. The zero-order chi connectivity index (χ0) is 8.41. The monoisotopic (exact) mass is 140 g/mol. The molecule has 0 rings (SSSR count). The van der Waals surface area contributed by atoms with Gasteiger partial charge in [-0.2, -0.15) is 0 Å². The van der Waals surface area contributed by atoms with Gasteiger partial charge in [-0.25, -0.2) is 0 Å². The molecule has 0 nitrogen and oxygen atoms in total. The third-order valence-corrected chi connectivity index (χ3v) is 1.38. The van der Waals surface area contributed by atoms with Crippen molar-refractivity contribution in [3.05, 3.63) is 25.3 Å². The zero-order valence-corrected chi connectivity index (χ0v) is 7.56. The molecule has 0 N–H and O–H groups in total. The van der Waals surface area contributed by atoms with Crippen molar-refractivity contribution in [2.24, 2.45) is 5.92 Å². The molecule has 0 aliphatic carbocycles. The molecular formula is C10H20. The summed E-state index contributed by atoms with van der Waals surface area (Å²) in [6, 6.07) is 0. The van der Waals surface area contributed by atoms with E-state index in [2.05, 4.69) is 27.0 Å². The lowest BCUT2D eigenvalue weighted by Crippen LogP contribution is -1.87. The van der Waals surface area contributed by atoms with Gasteiger partial charge in [-0.05, 0) is 25.7 Å². The van der Waals surface area contributed by atoms with E-state index in [1.165, 1.54) is 12.8 Å². The van der Waals surface area contributed by atoms with Gasteiger partial charge in [0, 0.05) is 0 Å². The molecule has 0 amide bonds. The fourth-order valence-electron chi connectivity index (χ4n) is 0.622. The van der Waals surface area contributed by atoms with Gasteiger partial charge in [0.05, 0.1) is 0 Å². The van der Waals surface area contributed by atoms with Gasteiger partial charge in [-0.15, -0.1) is 13.2 Å². The van der Waals surface area contributed by atoms with Crippen LogP contribution in [0.2, 0.25) is 0 Å². The molecule has 0 fully saturated rings. The maximum Gasteiger partial charge on any atom is -0.0241 e. The van der Waals surface area contributed by atoms with Crippen LogP contribution in [0.3, 0.4) is 0 Å². The molecule has 0 spiro atoms. The molecule has 0 aromatic rings. The predicted octanol–water partition coefficient (Wildman–Crippen LogP) is 3.80. The van der Waals surface area contributed by atoms with Crippen molar-refractivity contribution in [1.29, 1.82) is 0 Å². The van der Waals surface area contributed by atoms with Gasteiger partial charge >= 0.3 is 0 Å². The molecule has 0 bridgehead atoms. The minimum Gasteiger partial charge on any atom is -0.103 e. The first-order chi connectivity index (χ1) is 4.76. The standard InChI is InChI=1S/C7H14.C3H6/c1-4-7(5-2)6-3;1-3-2/h4,7H,1,5-6H2,2-3H3;3H,1H2,2H3. The third kappa shape index (κ3) is 10.5. The summed E-state index contributed by atoms with van der Waals surface area (Å²) in [5.74, 6) is 0.750. The fourth-order valence-corrected chi connectivity index (χ4v) is 0.622. The normalized spacial score (nSPS) is 8.00. The topological polar surface area (TPSA) is 0 Å². The quantitative estimate of drug-likeness (QED) is 0.523. The van der Waals surface area contributed by atoms with E-state index in [1.54, 1.807) is 6.08 Å². The maximum absolute atomic E-state index is 3.70. The van der Waals surface area contributed by atoms with Crippen molar-refractivity contribution in [2.75, 3.05) is 0 Å². The second kappa shape index (κ2) is 11.3. The van der Waals surface area contributed by atoms with E-state index < -0.39 is 0 Å². The van der Waals surface area contributed by atoms with Gasteiger partial charge in [-0.3, -0.25) is 0 Å². The Balaban J connectivity index is 0. The maximum atomic E-state index is 3.70. The molecule has 0 aliphatic rings. The van der Waals surface area contributed by atoms with Gasteiger partial charge in [-0.1, -0.05) is 26.0 Å². The lowest BCUT2D eigenvalue weighted by Gasteiger charge is -2.01. The Hall–Kier alpha value is -0.520. The van der Waals surface area contributed by atoms with Crippen molar-refractivity contribution < 1.29 is 0 Å². The molecule has 0 unspecified atom stereocenters.